The van der Waals surface area contributed by atoms with Crippen LogP contribution < -0.4 is 10.9 Å². The zero-order valence-electron chi connectivity index (χ0n) is 12.2. The first-order valence-corrected chi connectivity index (χ1v) is 7.80. The number of nitrogens with one attached hydrogen (secondary N) is 2. The van der Waals surface area contributed by atoms with Crippen LogP contribution in [0.5, 0.6) is 0 Å². The number of aromatic amines is 1. The molecular weight excluding hydrogens is 252 g/mol. The van der Waals surface area contributed by atoms with Crippen LogP contribution in [0.15, 0.2) is 11.0 Å². The maximum atomic E-state index is 11.9. The van der Waals surface area contributed by atoms with Crippen molar-refractivity contribution in [1.29, 1.82) is 0 Å². The molecule has 0 bridgehead atoms. The predicted octanol–water partition coefficient (Wildman–Crippen LogP) is 0.874. The molecule has 5 nitrogen and oxygen atoms in total. The van der Waals surface area contributed by atoms with Gasteiger partial charge in [0.1, 0.15) is 5.82 Å². The molecule has 1 unspecified atom stereocenters. The maximum absolute atomic E-state index is 11.9. The van der Waals surface area contributed by atoms with Crippen molar-refractivity contribution in [2.75, 3.05) is 26.2 Å². The lowest BCUT2D eigenvalue weighted by atomic mass is 10.1. The van der Waals surface area contributed by atoms with Crippen molar-refractivity contribution in [2.45, 2.75) is 44.6 Å². The van der Waals surface area contributed by atoms with Crippen LogP contribution in [-0.2, 0) is 6.42 Å². The van der Waals surface area contributed by atoms with Crippen LogP contribution in [-0.4, -0.2) is 47.1 Å². The van der Waals surface area contributed by atoms with E-state index in [0.717, 1.165) is 50.4 Å². The van der Waals surface area contributed by atoms with Gasteiger partial charge in [0.15, 0.2) is 0 Å². The minimum atomic E-state index is 0.0396. The smallest absolute Gasteiger partial charge is 0.254 e. The van der Waals surface area contributed by atoms with Crippen LogP contribution in [0.2, 0.25) is 0 Å². The molecular formula is C15H24N4O. The van der Waals surface area contributed by atoms with E-state index in [-0.39, 0.29) is 5.56 Å². The van der Waals surface area contributed by atoms with Crippen molar-refractivity contribution < 1.29 is 0 Å². The first-order valence-electron chi connectivity index (χ1n) is 7.80. The van der Waals surface area contributed by atoms with Crippen LogP contribution in [0.3, 0.4) is 0 Å². The summed E-state index contributed by atoms with van der Waals surface area (Å²) in [6, 6.07) is 0.711. The van der Waals surface area contributed by atoms with Gasteiger partial charge in [-0.25, -0.2) is 4.98 Å². The van der Waals surface area contributed by atoms with Gasteiger partial charge in [0.25, 0.3) is 5.56 Å². The summed E-state index contributed by atoms with van der Waals surface area (Å²) in [4.78, 5) is 21.9. The first-order chi connectivity index (χ1) is 9.78. The van der Waals surface area contributed by atoms with Crippen LogP contribution in [0.1, 0.15) is 43.5 Å². The quantitative estimate of drug-likeness (QED) is 0.860. The molecule has 5 heteroatoms. The number of rotatable bonds is 3. The predicted molar refractivity (Wildman–Crippen MR) is 79.1 cm³/mol. The van der Waals surface area contributed by atoms with E-state index >= 15 is 0 Å². The molecule has 2 aliphatic heterocycles. The summed E-state index contributed by atoms with van der Waals surface area (Å²) in [5, 5.41) is 3.41. The van der Waals surface area contributed by atoms with E-state index in [9.17, 15) is 4.79 Å². The number of H-pyrrole nitrogens is 1. The standard InChI is InChI=1S/C15H24N4O/c1-2-11-9-17-14(18-15(11)20)12-5-8-19(10-12)13-3-6-16-7-4-13/h9,12-13,16H,2-8,10H2,1H3,(H,17,18,20). The van der Waals surface area contributed by atoms with Gasteiger partial charge in [0.05, 0.1) is 0 Å². The van der Waals surface area contributed by atoms with Gasteiger partial charge in [-0.15, -0.1) is 0 Å². The van der Waals surface area contributed by atoms with Crippen molar-refractivity contribution in [1.82, 2.24) is 20.2 Å². The first kappa shape index (κ1) is 13.8. The SMILES string of the molecule is CCc1cnc(C2CCN(C3CCNCC3)C2)[nH]c1=O. The zero-order chi connectivity index (χ0) is 13.9. The van der Waals surface area contributed by atoms with Gasteiger partial charge in [-0.2, -0.15) is 0 Å². The molecule has 0 aliphatic carbocycles. The number of nitrogens with zero attached hydrogens (tertiary/aromatic N) is 2. The Hall–Kier alpha value is -1.20. The zero-order valence-corrected chi connectivity index (χ0v) is 12.2. The summed E-state index contributed by atoms with van der Waals surface area (Å²) >= 11 is 0. The molecule has 0 spiro atoms. The molecule has 0 amide bonds. The van der Waals surface area contributed by atoms with Crippen LogP contribution >= 0.6 is 0 Å². The molecule has 1 aromatic heterocycles. The Bertz CT molecular complexity index is 507. The minimum absolute atomic E-state index is 0.0396. The highest BCUT2D eigenvalue weighted by atomic mass is 16.1. The van der Waals surface area contributed by atoms with Gasteiger partial charge in [-0.1, -0.05) is 6.92 Å². The van der Waals surface area contributed by atoms with Crippen LogP contribution in [0.25, 0.3) is 0 Å². The molecule has 0 aromatic carbocycles. The summed E-state index contributed by atoms with van der Waals surface area (Å²) in [7, 11) is 0. The Labute approximate surface area is 119 Å². The lowest BCUT2D eigenvalue weighted by Gasteiger charge is -2.31. The van der Waals surface area contributed by atoms with Gasteiger partial charge in [-0.05, 0) is 45.3 Å². The fraction of sp³-hybridized carbons (Fsp3) is 0.733. The Morgan fingerprint density at radius 3 is 2.85 bits per heavy atom. The third-order valence-electron chi connectivity index (χ3n) is 4.71. The topological polar surface area (TPSA) is 61.0 Å². The molecule has 3 rings (SSSR count). The summed E-state index contributed by atoms with van der Waals surface area (Å²) in [5.74, 6) is 1.27. The second-order valence-corrected chi connectivity index (χ2v) is 5.94. The number of hydrogen-bond acceptors (Lipinski definition) is 4. The molecule has 2 N–H and O–H groups in total. The Morgan fingerprint density at radius 2 is 2.15 bits per heavy atom. The molecule has 0 radical (unpaired) electrons. The number of likely N-dealkylation sites (tertiary alicyclic amines) is 1. The van der Waals surface area contributed by atoms with Gasteiger partial charge in [0.2, 0.25) is 0 Å². The molecule has 1 aromatic rings. The average Bonchev–Trinajstić information content (AvgIpc) is 2.98. The van der Waals surface area contributed by atoms with E-state index in [4.69, 9.17) is 0 Å². The van der Waals surface area contributed by atoms with E-state index in [1.54, 1.807) is 6.20 Å². The van der Waals surface area contributed by atoms with Gasteiger partial charge >= 0.3 is 0 Å². The van der Waals surface area contributed by atoms with Crippen LogP contribution in [0.4, 0.5) is 0 Å². The van der Waals surface area contributed by atoms with Gasteiger partial charge in [-0.3, -0.25) is 9.69 Å². The highest BCUT2D eigenvalue weighted by Crippen LogP contribution is 2.27. The third-order valence-corrected chi connectivity index (χ3v) is 4.71. The lowest BCUT2D eigenvalue weighted by molar-refractivity contribution is 0.196. The average molecular weight is 276 g/mol. The van der Waals surface area contributed by atoms with E-state index in [0.29, 0.717) is 12.0 Å². The Morgan fingerprint density at radius 1 is 1.35 bits per heavy atom. The van der Waals surface area contributed by atoms with Gasteiger partial charge in [0, 0.05) is 30.3 Å². The van der Waals surface area contributed by atoms with Crippen molar-refractivity contribution in [2.24, 2.45) is 0 Å². The van der Waals surface area contributed by atoms with Crippen LogP contribution in [0, 0.1) is 0 Å². The molecule has 2 aliphatic rings. The summed E-state index contributed by atoms with van der Waals surface area (Å²) < 4.78 is 0. The highest BCUT2D eigenvalue weighted by Gasteiger charge is 2.30. The fourth-order valence-electron chi connectivity index (χ4n) is 3.41. The lowest BCUT2D eigenvalue weighted by Crippen LogP contribution is -2.42. The second kappa shape index (κ2) is 6.06. The fourth-order valence-corrected chi connectivity index (χ4v) is 3.41. The highest BCUT2D eigenvalue weighted by molar-refractivity contribution is 5.09. The molecule has 3 heterocycles. The summed E-state index contributed by atoms with van der Waals surface area (Å²) in [6.45, 7) is 6.42. The molecule has 2 fully saturated rings. The van der Waals surface area contributed by atoms with E-state index in [2.05, 4.69) is 20.2 Å². The molecule has 2 saturated heterocycles. The number of aromatic nitrogens is 2. The second-order valence-electron chi connectivity index (χ2n) is 5.94. The largest absolute Gasteiger partial charge is 0.317 e. The molecule has 20 heavy (non-hydrogen) atoms. The van der Waals surface area contributed by atoms with Crippen molar-refractivity contribution >= 4 is 0 Å². The van der Waals surface area contributed by atoms with Crippen molar-refractivity contribution in [3.8, 4) is 0 Å². The van der Waals surface area contributed by atoms with E-state index < -0.39 is 0 Å². The van der Waals surface area contributed by atoms with Crippen molar-refractivity contribution in [3.05, 3.63) is 27.9 Å². The monoisotopic (exact) mass is 276 g/mol. The molecule has 0 saturated carbocycles. The van der Waals surface area contributed by atoms with Gasteiger partial charge < -0.3 is 10.3 Å². The molecule has 1 atom stereocenters. The number of piperidine rings is 1. The Balaban J connectivity index is 1.67. The van der Waals surface area contributed by atoms with E-state index in [1.807, 2.05) is 6.92 Å². The number of hydrogen-bond donors (Lipinski definition) is 2. The normalized spacial score (nSPS) is 25.1. The maximum Gasteiger partial charge on any atom is 0.254 e. The number of aryl methyl sites for hydroxylation is 1. The Kier molecular flexibility index (Phi) is 4.17. The van der Waals surface area contributed by atoms with Crippen molar-refractivity contribution in [3.63, 3.8) is 0 Å². The minimum Gasteiger partial charge on any atom is -0.317 e. The van der Waals surface area contributed by atoms with E-state index in [1.165, 1.54) is 12.8 Å². The summed E-state index contributed by atoms with van der Waals surface area (Å²) in [6.07, 6.45) is 6.09. The summed E-state index contributed by atoms with van der Waals surface area (Å²) in [5.41, 5.74) is 0.819. The third kappa shape index (κ3) is 2.79. The molecule has 110 valence electrons.